The first-order chi connectivity index (χ1) is 17.0. The molecule has 2 heteroatoms. The van der Waals surface area contributed by atoms with E-state index < -0.39 is 0 Å². The van der Waals surface area contributed by atoms with Crippen molar-refractivity contribution in [3.8, 4) is 12.1 Å². The van der Waals surface area contributed by atoms with E-state index in [2.05, 4.69) is 86.7 Å². The number of benzene rings is 4. The Labute approximate surface area is 207 Å². The fourth-order valence-corrected chi connectivity index (χ4v) is 4.20. The van der Waals surface area contributed by atoms with E-state index in [-0.39, 0.29) is 5.41 Å². The van der Waals surface area contributed by atoms with E-state index in [0.717, 1.165) is 33.4 Å². The number of hydrogen-bond acceptors (Lipinski definition) is 2. The molecule has 0 N–H and O–H groups in total. The van der Waals surface area contributed by atoms with Crippen molar-refractivity contribution >= 4 is 11.1 Å². The third kappa shape index (κ3) is 5.83. The molecule has 0 heterocycles. The smallest absolute Gasteiger partial charge is 0.0991 e. The van der Waals surface area contributed by atoms with Crippen LogP contribution in [-0.2, 0) is 0 Å². The second kappa shape index (κ2) is 10.5. The zero-order valence-corrected chi connectivity index (χ0v) is 19.9. The molecule has 0 bridgehead atoms. The summed E-state index contributed by atoms with van der Waals surface area (Å²) in [6.07, 6.45) is 4.52. The molecule has 0 spiro atoms. The summed E-state index contributed by atoms with van der Waals surface area (Å²) in [4.78, 5) is 0. The molecule has 0 unspecified atom stereocenters. The van der Waals surface area contributed by atoms with Crippen LogP contribution in [0.2, 0.25) is 0 Å². The Morgan fingerprint density at radius 2 is 0.914 bits per heavy atom. The van der Waals surface area contributed by atoms with Crippen LogP contribution in [0.3, 0.4) is 0 Å². The highest BCUT2D eigenvalue weighted by Gasteiger charge is 2.18. The van der Waals surface area contributed by atoms with E-state index >= 15 is 0 Å². The number of nitrogens with zero attached hydrogens (tertiary/aromatic N) is 2. The van der Waals surface area contributed by atoms with Gasteiger partial charge in [0.1, 0.15) is 0 Å². The fourth-order valence-electron chi connectivity index (χ4n) is 4.20. The molecule has 0 radical (unpaired) electrons. The van der Waals surface area contributed by atoms with Crippen LogP contribution in [0.1, 0.15) is 47.2 Å². The van der Waals surface area contributed by atoms with Gasteiger partial charge in [-0.05, 0) is 57.7 Å². The maximum atomic E-state index is 9.48. The van der Waals surface area contributed by atoms with Crippen molar-refractivity contribution in [2.45, 2.75) is 13.8 Å². The first-order valence-electron chi connectivity index (χ1n) is 11.6. The topological polar surface area (TPSA) is 47.6 Å². The third-order valence-electron chi connectivity index (χ3n) is 5.81. The molecule has 2 nitrogen and oxygen atoms in total. The zero-order valence-electron chi connectivity index (χ0n) is 19.9. The molecule has 0 saturated heterocycles. The molecular formula is C33H26N2. The van der Waals surface area contributed by atoms with Crippen molar-refractivity contribution in [2.75, 3.05) is 0 Å². The fraction of sp³-hybridized carbons (Fsp3) is 0.0909. The molecule has 0 aromatic heterocycles. The standard InChI is InChI=1S/C33H26N2/c1-33(2,21-31(27-13-5-3-6-14-27)28-15-7-4-8-16-28)22-32(29-17-9-11-25(19-29)23-34)30-18-10-12-26(20-30)24-35/h3-22H,1-2H3. The van der Waals surface area contributed by atoms with Crippen molar-refractivity contribution in [3.05, 3.63) is 155 Å². The van der Waals surface area contributed by atoms with Gasteiger partial charge in [-0.25, -0.2) is 0 Å². The lowest BCUT2D eigenvalue weighted by Crippen LogP contribution is -2.07. The summed E-state index contributed by atoms with van der Waals surface area (Å²) in [6, 6.07) is 40.5. The number of hydrogen-bond donors (Lipinski definition) is 0. The monoisotopic (exact) mass is 450 g/mol. The van der Waals surface area contributed by atoms with Crippen molar-refractivity contribution in [1.29, 1.82) is 10.5 Å². The van der Waals surface area contributed by atoms with Gasteiger partial charge in [0.05, 0.1) is 23.3 Å². The number of rotatable bonds is 6. The molecule has 4 aromatic carbocycles. The van der Waals surface area contributed by atoms with Gasteiger partial charge in [0.25, 0.3) is 0 Å². The van der Waals surface area contributed by atoms with Crippen LogP contribution in [0.4, 0.5) is 0 Å². The predicted molar refractivity (Wildman–Crippen MR) is 143 cm³/mol. The summed E-state index contributed by atoms with van der Waals surface area (Å²) >= 11 is 0. The molecule has 0 aliphatic heterocycles. The van der Waals surface area contributed by atoms with Crippen LogP contribution in [0.5, 0.6) is 0 Å². The second-order valence-corrected chi connectivity index (χ2v) is 9.05. The zero-order chi connectivity index (χ0) is 24.7. The summed E-state index contributed by atoms with van der Waals surface area (Å²) < 4.78 is 0. The van der Waals surface area contributed by atoms with Gasteiger partial charge in [0.15, 0.2) is 0 Å². The Hall–Kier alpha value is -4.66. The Bertz CT molecular complexity index is 1360. The second-order valence-electron chi connectivity index (χ2n) is 9.05. The van der Waals surface area contributed by atoms with Gasteiger partial charge in [-0.1, -0.05) is 111 Å². The van der Waals surface area contributed by atoms with Gasteiger partial charge in [-0.2, -0.15) is 10.5 Å². The highest BCUT2D eigenvalue weighted by molar-refractivity contribution is 5.83. The summed E-state index contributed by atoms with van der Waals surface area (Å²) in [6.45, 7) is 4.36. The van der Waals surface area contributed by atoms with Gasteiger partial charge in [0, 0.05) is 5.41 Å². The molecule has 0 aliphatic rings. The number of nitriles is 2. The Balaban J connectivity index is 1.91. The molecule has 0 aliphatic carbocycles. The van der Waals surface area contributed by atoms with Gasteiger partial charge in [-0.3, -0.25) is 0 Å². The summed E-state index contributed by atoms with van der Waals surface area (Å²) in [5.41, 5.74) is 7.20. The molecule has 0 saturated carbocycles. The Kier molecular flexibility index (Phi) is 7.06. The normalized spacial score (nSPS) is 10.5. The van der Waals surface area contributed by atoms with Crippen molar-refractivity contribution in [2.24, 2.45) is 5.41 Å². The minimum Gasteiger partial charge on any atom is -0.192 e. The van der Waals surface area contributed by atoms with E-state index in [9.17, 15) is 10.5 Å². The Morgan fingerprint density at radius 3 is 1.31 bits per heavy atom. The van der Waals surface area contributed by atoms with Crippen molar-refractivity contribution in [1.82, 2.24) is 0 Å². The SMILES string of the molecule is CC(C)(C=C(c1ccccc1)c1ccccc1)C=C(c1cccc(C#N)c1)c1cccc(C#N)c1. The number of allylic oxidation sites excluding steroid dienone is 2. The lowest BCUT2D eigenvalue weighted by molar-refractivity contribution is 0.629. The van der Waals surface area contributed by atoms with Crippen LogP contribution in [0.15, 0.2) is 121 Å². The van der Waals surface area contributed by atoms with Gasteiger partial charge >= 0.3 is 0 Å². The first kappa shape index (κ1) is 23.5. The lowest BCUT2D eigenvalue weighted by Gasteiger charge is -2.22. The average Bonchev–Trinajstić information content (AvgIpc) is 2.91. The van der Waals surface area contributed by atoms with Crippen LogP contribution in [-0.4, -0.2) is 0 Å². The molecule has 35 heavy (non-hydrogen) atoms. The molecule has 0 atom stereocenters. The first-order valence-corrected chi connectivity index (χ1v) is 11.6. The summed E-state index contributed by atoms with van der Waals surface area (Å²) in [5.74, 6) is 0. The minimum atomic E-state index is -0.346. The molecule has 168 valence electrons. The average molecular weight is 451 g/mol. The lowest BCUT2D eigenvalue weighted by atomic mass is 9.82. The molecule has 4 rings (SSSR count). The predicted octanol–water partition coefficient (Wildman–Crippen LogP) is 8.02. The van der Waals surface area contributed by atoms with E-state index in [4.69, 9.17) is 0 Å². The molecule has 4 aromatic rings. The van der Waals surface area contributed by atoms with E-state index in [1.54, 1.807) is 12.1 Å². The van der Waals surface area contributed by atoms with E-state index in [0.29, 0.717) is 11.1 Å². The molecule has 0 fully saturated rings. The highest BCUT2D eigenvalue weighted by Crippen LogP contribution is 2.35. The van der Waals surface area contributed by atoms with Crippen molar-refractivity contribution in [3.63, 3.8) is 0 Å². The van der Waals surface area contributed by atoms with Crippen LogP contribution in [0.25, 0.3) is 11.1 Å². The molecule has 0 amide bonds. The quantitative estimate of drug-likeness (QED) is 0.298. The van der Waals surface area contributed by atoms with Crippen molar-refractivity contribution < 1.29 is 0 Å². The third-order valence-corrected chi connectivity index (χ3v) is 5.81. The summed E-state index contributed by atoms with van der Waals surface area (Å²) in [7, 11) is 0. The maximum Gasteiger partial charge on any atom is 0.0991 e. The van der Waals surface area contributed by atoms with Gasteiger partial charge in [0.2, 0.25) is 0 Å². The Morgan fingerprint density at radius 1 is 0.543 bits per heavy atom. The largest absolute Gasteiger partial charge is 0.192 e. The van der Waals surface area contributed by atoms with E-state index in [1.165, 1.54) is 0 Å². The van der Waals surface area contributed by atoms with Gasteiger partial charge < -0.3 is 0 Å². The summed E-state index contributed by atoms with van der Waals surface area (Å²) in [5, 5.41) is 19.0. The van der Waals surface area contributed by atoms with Crippen LogP contribution < -0.4 is 0 Å². The minimum absolute atomic E-state index is 0.346. The van der Waals surface area contributed by atoms with E-state index in [1.807, 2.05) is 48.5 Å². The van der Waals surface area contributed by atoms with Gasteiger partial charge in [-0.15, -0.1) is 0 Å². The molecular weight excluding hydrogens is 424 g/mol. The highest BCUT2D eigenvalue weighted by atomic mass is 14.3. The van der Waals surface area contributed by atoms with Crippen LogP contribution in [0, 0.1) is 28.1 Å². The maximum absolute atomic E-state index is 9.48. The van der Waals surface area contributed by atoms with Crippen LogP contribution >= 0.6 is 0 Å².